The van der Waals surface area contributed by atoms with Crippen LogP contribution in [0.5, 0.6) is 5.75 Å². The molecule has 0 radical (unpaired) electrons. The van der Waals surface area contributed by atoms with Crippen molar-refractivity contribution >= 4 is 11.6 Å². The molecule has 2 heterocycles. The predicted molar refractivity (Wildman–Crippen MR) is 62.0 cm³/mol. The number of hydrogen-bond donors (Lipinski definition) is 1. The number of rotatable bonds is 1. The molecule has 0 amide bonds. The molecule has 0 saturated carbocycles. The summed E-state index contributed by atoms with van der Waals surface area (Å²) >= 11 is 6.30. The molecule has 1 aromatic carbocycles. The Morgan fingerprint density at radius 1 is 1.38 bits per heavy atom. The second-order valence-electron chi connectivity index (χ2n) is 4.28. The molecule has 1 saturated heterocycles. The van der Waals surface area contributed by atoms with Crippen LogP contribution in [0.4, 0.5) is 0 Å². The summed E-state index contributed by atoms with van der Waals surface area (Å²) in [7, 11) is 0. The zero-order chi connectivity index (χ0) is 11.0. The third-order valence-corrected chi connectivity index (χ3v) is 3.56. The van der Waals surface area contributed by atoms with Gasteiger partial charge in [0, 0.05) is 17.1 Å². The van der Waals surface area contributed by atoms with Crippen molar-refractivity contribution in [3.05, 3.63) is 28.3 Å². The second-order valence-corrected chi connectivity index (χ2v) is 4.69. The lowest BCUT2D eigenvalue weighted by molar-refractivity contribution is -0.0164. The molecule has 0 spiro atoms. The Morgan fingerprint density at radius 2 is 2.31 bits per heavy atom. The highest BCUT2D eigenvalue weighted by Crippen LogP contribution is 2.35. The first kappa shape index (κ1) is 10.4. The number of fused-ring (bicyclic) bond motifs is 1. The smallest absolute Gasteiger partial charge is 0.189 e. The van der Waals surface area contributed by atoms with E-state index in [-0.39, 0.29) is 0 Å². The van der Waals surface area contributed by atoms with Crippen LogP contribution >= 0.6 is 11.6 Å². The van der Waals surface area contributed by atoms with Crippen LogP contribution in [-0.4, -0.2) is 19.9 Å². The summed E-state index contributed by atoms with van der Waals surface area (Å²) in [5, 5.41) is 4.19. The molecule has 1 atom stereocenters. The van der Waals surface area contributed by atoms with Gasteiger partial charge in [-0.3, -0.25) is 0 Å². The van der Waals surface area contributed by atoms with Gasteiger partial charge in [0.1, 0.15) is 5.75 Å². The fraction of sp³-hybridized carbons (Fsp3) is 0.500. The van der Waals surface area contributed by atoms with Gasteiger partial charge in [-0.15, -0.1) is 0 Å². The lowest BCUT2D eigenvalue weighted by Crippen LogP contribution is -2.13. The first-order valence-electron chi connectivity index (χ1n) is 5.58. The third kappa shape index (κ3) is 1.79. The van der Waals surface area contributed by atoms with Gasteiger partial charge < -0.3 is 14.8 Å². The zero-order valence-electron chi connectivity index (χ0n) is 8.96. The fourth-order valence-electron chi connectivity index (χ4n) is 2.35. The van der Waals surface area contributed by atoms with Crippen LogP contribution in [0.25, 0.3) is 0 Å². The average Bonchev–Trinajstić information content (AvgIpc) is 2.81. The molecule has 1 fully saturated rings. The summed E-state index contributed by atoms with van der Waals surface area (Å²) < 4.78 is 10.7. The van der Waals surface area contributed by atoms with E-state index in [9.17, 15) is 0 Å². The van der Waals surface area contributed by atoms with E-state index in [1.54, 1.807) is 0 Å². The van der Waals surface area contributed by atoms with Gasteiger partial charge in [0.05, 0.1) is 6.61 Å². The van der Waals surface area contributed by atoms with Crippen LogP contribution in [0.15, 0.2) is 12.1 Å². The van der Waals surface area contributed by atoms with Crippen LogP contribution < -0.4 is 10.1 Å². The van der Waals surface area contributed by atoms with Crippen LogP contribution in [0.3, 0.4) is 0 Å². The Hall–Kier alpha value is -0.770. The molecule has 86 valence electrons. The summed E-state index contributed by atoms with van der Waals surface area (Å²) in [5.41, 5.74) is 2.25. The van der Waals surface area contributed by atoms with Gasteiger partial charge in [0.25, 0.3) is 0 Å². The van der Waals surface area contributed by atoms with Crippen molar-refractivity contribution < 1.29 is 9.47 Å². The van der Waals surface area contributed by atoms with Crippen molar-refractivity contribution in [1.82, 2.24) is 5.32 Å². The standard InChI is InChI=1S/C12H14ClNO2/c13-11-3-9-6-15-7-16-12(9)4-10(11)8-1-2-14-5-8/h3-4,8,14H,1-2,5-7H2. The third-order valence-electron chi connectivity index (χ3n) is 3.24. The maximum Gasteiger partial charge on any atom is 0.189 e. The molecule has 0 aromatic heterocycles. The fourth-order valence-corrected chi connectivity index (χ4v) is 2.69. The van der Waals surface area contributed by atoms with Crippen molar-refractivity contribution in [2.24, 2.45) is 0 Å². The largest absolute Gasteiger partial charge is 0.467 e. The molecule has 1 unspecified atom stereocenters. The molecule has 3 nitrogen and oxygen atoms in total. The molecule has 0 bridgehead atoms. The van der Waals surface area contributed by atoms with Gasteiger partial charge in [-0.1, -0.05) is 11.6 Å². The molecule has 3 rings (SSSR count). The lowest BCUT2D eigenvalue weighted by Gasteiger charge is -2.21. The molecular weight excluding hydrogens is 226 g/mol. The van der Waals surface area contributed by atoms with Gasteiger partial charge in [-0.05, 0) is 36.6 Å². The maximum absolute atomic E-state index is 6.30. The molecule has 16 heavy (non-hydrogen) atoms. The van der Waals surface area contributed by atoms with Crippen LogP contribution in [-0.2, 0) is 11.3 Å². The van der Waals surface area contributed by atoms with Crippen molar-refractivity contribution in [3.63, 3.8) is 0 Å². The van der Waals surface area contributed by atoms with Crippen LogP contribution in [0.1, 0.15) is 23.5 Å². The lowest BCUT2D eigenvalue weighted by atomic mass is 9.96. The molecule has 1 N–H and O–H groups in total. The summed E-state index contributed by atoms with van der Waals surface area (Å²) in [4.78, 5) is 0. The molecular formula is C12H14ClNO2. The van der Waals surface area contributed by atoms with Gasteiger partial charge in [0.15, 0.2) is 6.79 Å². The minimum atomic E-state index is 0.344. The van der Waals surface area contributed by atoms with Gasteiger partial charge in [-0.2, -0.15) is 0 Å². The monoisotopic (exact) mass is 239 g/mol. The Morgan fingerprint density at radius 3 is 3.12 bits per heavy atom. The van der Waals surface area contributed by atoms with Gasteiger partial charge >= 0.3 is 0 Å². The van der Waals surface area contributed by atoms with E-state index in [1.807, 2.05) is 6.07 Å². The minimum Gasteiger partial charge on any atom is -0.467 e. The summed E-state index contributed by atoms with van der Waals surface area (Å²) in [6.45, 7) is 3.02. The summed E-state index contributed by atoms with van der Waals surface area (Å²) in [5.74, 6) is 1.45. The van der Waals surface area contributed by atoms with E-state index >= 15 is 0 Å². The number of hydrogen-bond acceptors (Lipinski definition) is 3. The van der Waals surface area contributed by atoms with Crippen molar-refractivity contribution in [3.8, 4) is 5.75 Å². The van der Waals surface area contributed by atoms with Crippen molar-refractivity contribution in [2.45, 2.75) is 18.9 Å². The number of benzene rings is 1. The van der Waals surface area contributed by atoms with Crippen molar-refractivity contribution in [1.29, 1.82) is 0 Å². The van der Waals surface area contributed by atoms with Crippen LogP contribution in [0.2, 0.25) is 5.02 Å². The van der Waals surface area contributed by atoms with Crippen molar-refractivity contribution in [2.75, 3.05) is 19.9 Å². The van der Waals surface area contributed by atoms with E-state index in [0.29, 0.717) is 19.3 Å². The highest BCUT2D eigenvalue weighted by molar-refractivity contribution is 6.31. The zero-order valence-corrected chi connectivity index (χ0v) is 9.72. The summed E-state index contributed by atoms with van der Waals surface area (Å²) in [6.07, 6.45) is 1.15. The van der Waals surface area contributed by atoms with Gasteiger partial charge in [0.2, 0.25) is 0 Å². The summed E-state index contributed by atoms with van der Waals surface area (Å²) in [6, 6.07) is 4.06. The Labute approximate surface area is 99.7 Å². The second kappa shape index (κ2) is 4.24. The first-order chi connectivity index (χ1) is 7.84. The highest BCUT2D eigenvalue weighted by Gasteiger charge is 2.22. The van der Waals surface area contributed by atoms with E-state index < -0.39 is 0 Å². The topological polar surface area (TPSA) is 30.5 Å². The predicted octanol–water partition coefficient (Wildman–Crippen LogP) is 2.28. The van der Waals surface area contributed by atoms with E-state index in [0.717, 1.165) is 35.8 Å². The van der Waals surface area contributed by atoms with E-state index in [2.05, 4.69) is 11.4 Å². The number of nitrogens with one attached hydrogen (secondary N) is 1. The highest BCUT2D eigenvalue weighted by atomic mass is 35.5. The number of ether oxygens (including phenoxy) is 2. The average molecular weight is 240 g/mol. The molecule has 0 aliphatic carbocycles. The Balaban J connectivity index is 1.98. The molecule has 2 aliphatic heterocycles. The SMILES string of the molecule is Clc1cc2c(cc1C1CCNC1)OCOC2. The minimum absolute atomic E-state index is 0.344. The van der Waals surface area contributed by atoms with Gasteiger partial charge in [-0.25, -0.2) is 0 Å². The first-order valence-corrected chi connectivity index (χ1v) is 5.96. The molecule has 2 aliphatic rings. The Bertz CT molecular complexity index is 402. The van der Waals surface area contributed by atoms with Crippen LogP contribution in [0, 0.1) is 0 Å². The Kier molecular flexibility index (Phi) is 2.75. The maximum atomic E-state index is 6.30. The van der Waals surface area contributed by atoms with E-state index in [4.69, 9.17) is 21.1 Å². The molecule has 4 heteroatoms. The van der Waals surface area contributed by atoms with E-state index in [1.165, 1.54) is 5.56 Å². The molecule has 1 aromatic rings. The quantitative estimate of drug-likeness (QED) is 0.816. The number of halogens is 1. The normalized spacial score (nSPS) is 23.9.